The first-order valence-corrected chi connectivity index (χ1v) is 8.18. The number of carbonyl (C=O) groups is 1. The molecule has 4 nitrogen and oxygen atoms in total. The molecule has 0 saturated carbocycles. The molecule has 2 N–H and O–H groups in total. The van der Waals surface area contributed by atoms with E-state index in [0.717, 1.165) is 37.9 Å². The van der Waals surface area contributed by atoms with Crippen LogP contribution in [0.2, 0.25) is 0 Å². The summed E-state index contributed by atoms with van der Waals surface area (Å²) in [6.07, 6.45) is -1.35. The van der Waals surface area contributed by atoms with E-state index in [1.807, 2.05) is 0 Å². The molecular formula is C17H23F3N2O2. The summed E-state index contributed by atoms with van der Waals surface area (Å²) in [5, 5.41) is 12.1. The highest BCUT2D eigenvalue weighted by Gasteiger charge is 2.30. The fraction of sp³-hybridized carbons (Fsp3) is 0.588. The van der Waals surface area contributed by atoms with E-state index in [0.29, 0.717) is 18.7 Å². The van der Waals surface area contributed by atoms with Crippen molar-refractivity contribution in [3.05, 3.63) is 35.4 Å². The van der Waals surface area contributed by atoms with Crippen LogP contribution in [-0.2, 0) is 17.4 Å². The number of likely N-dealkylation sites (tertiary alicyclic amines) is 1. The second-order valence-corrected chi connectivity index (χ2v) is 6.09. The van der Waals surface area contributed by atoms with Gasteiger partial charge in [0.05, 0.1) is 18.6 Å². The summed E-state index contributed by atoms with van der Waals surface area (Å²) in [5.41, 5.74) is -0.402. The van der Waals surface area contributed by atoms with Gasteiger partial charge in [0.1, 0.15) is 0 Å². The first-order chi connectivity index (χ1) is 11.4. The van der Waals surface area contributed by atoms with Crippen LogP contribution in [0.5, 0.6) is 0 Å². The summed E-state index contributed by atoms with van der Waals surface area (Å²) in [5.74, 6) is -0.299. The van der Waals surface area contributed by atoms with Crippen molar-refractivity contribution in [1.82, 2.24) is 10.2 Å². The van der Waals surface area contributed by atoms with Crippen LogP contribution in [0.15, 0.2) is 24.3 Å². The smallest absolute Gasteiger partial charge is 0.395 e. The van der Waals surface area contributed by atoms with Gasteiger partial charge in [0.2, 0.25) is 5.91 Å². The number of alkyl halides is 3. The number of nitrogens with zero attached hydrogens (tertiary/aromatic N) is 1. The van der Waals surface area contributed by atoms with E-state index >= 15 is 0 Å². The predicted molar refractivity (Wildman–Crippen MR) is 84.5 cm³/mol. The fourth-order valence-corrected chi connectivity index (χ4v) is 3.01. The standard InChI is InChI=1S/C17H23F3N2O2/c18-17(19,20)14-5-3-4-13(10-14)11-16(24)21-7-9-22-8-2-1-6-15(22)12-23/h3-5,10,15,23H,1-2,6-9,11-12H2,(H,21,24)/t15-/m0/s1. The molecule has 1 amide bonds. The topological polar surface area (TPSA) is 52.6 Å². The molecule has 1 aromatic rings. The Morgan fingerprint density at radius 3 is 2.83 bits per heavy atom. The third-order valence-corrected chi connectivity index (χ3v) is 4.30. The van der Waals surface area contributed by atoms with Crippen LogP contribution >= 0.6 is 0 Å². The number of hydrogen-bond donors (Lipinski definition) is 2. The number of amides is 1. The Labute approximate surface area is 139 Å². The molecule has 0 bridgehead atoms. The molecule has 1 aromatic carbocycles. The molecule has 1 saturated heterocycles. The number of piperidine rings is 1. The first kappa shape index (κ1) is 18.7. The van der Waals surface area contributed by atoms with Gasteiger partial charge in [-0.15, -0.1) is 0 Å². The van der Waals surface area contributed by atoms with E-state index in [9.17, 15) is 23.1 Å². The maximum absolute atomic E-state index is 12.7. The second-order valence-electron chi connectivity index (χ2n) is 6.09. The fourth-order valence-electron chi connectivity index (χ4n) is 3.01. The summed E-state index contributed by atoms with van der Waals surface area (Å²) >= 11 is 0. The molecule has 1 aliphatic heterocycles. The van der Waals surface area contributed by atoms with Crippen molar-refractivity contribution in [1.29, 1.82) is 0 Å². The largest absolute Gasteiger partial charge is 0.416 e. The van der Waals surface area contributed by atoms with Gasteiger partial charge < -0.3 is 10.4 Å². The monoisotopic (exact) mass is 344 g/mol. The van der Waals surface area contributed by atoms with E-state index in [1.165, 1.54) is 12.1 Å². The summed E-state index contributed by atoms with van der Waals surface area (Å²) < 4.78 is 38.0. The highest BCUT2D eigenvalue weighted by molar-refractivity contribution is 5.78. The minimum atomic E-state index is -4.40. The molecule has 2 rings (SSSR count). The Kier molecular flexibility index (Phi) is 6.62. The lowest BCUT2D eigenvalue weighted by atomic mass is 10.0. The molecule has 1 aliphatic rings. The molecule has 0 spiro atoms. The van der Waals surface area contributed by atoms with Gasteiger partial charge in [0, 0.05) is 19.1 Å². The third-order valence-electron chi connectivity index (χ3n) is 4.30. The average Bonchev–Trinajstić information content (AvgIpc) is 2.55. The molecule has 134 valence electrons. The number of benzene rings is 1. The number of aliphatic hydroxyl groups is 1. The van der Waals surface area contributed by atoms with Gasteiger partial charge in [-0.05, 0) is 31.0 Å². The van der Waals surface area contributed by atoms with Crippen molar-refractivity contribution in [3.8, 4) is 0 Å². The minimum absolute atomic E-state index is 0.0760. The Balaban J connectivity index is 1.79. The van der Waals surface area contributed by atoms with Crippen molar-refractivity contribution in [2.45, 2.75) is 37.9 Å². The van der Waals surface area contributed by atoms with E-state index in [-0.39, 0.29) is 25.0 Å². The van der Waals surface area contributed by atoms with Crippen molar-refractivity contribution < 1.29 is 23.1 Å². The van der Waals surface area contributed by atoms with E-state index in [1.54, 1.807) is 0 Å². The minimum Gasteiger partial charge on any atom is -0.395 e. The Morgan fingerprint density at radius 2 is 2.12 bits per heavy atom. The van der Waals surface area contributed by atoms with Gasteiger partial charge in [0.25, 0.3) is 0 Å². The van der Waals surface area contributed by atoms with Gasteiger partial charge in [-0.2, -0.15) is 13.2 Å². The predicted octanol–water partition coefficient (Wildman–Crippen LogP) is 2.21. The third kappa shape index (κ3) is 5.49. The van der Waals surface area contributed by atoms with Crippen LogP contribution in [0.1, 0.15) is 30.4 Å². The molecule has 7 heteroatoms. The molecule has 0 aliphatic carbocycles. The number of carbonyl (C=O) groups excluding carboxylic acids is 1. The zero-order valence-corrected chi connectivity index (χ0v) is 13.5. The SMILES string of the molecule is O=C(Cc1cccc(C(F)(F)F)c1)NCCN1CCCC[C@H]1CO. The second kappa shape index (κ2) is 8.48. The molecule has 1 atom stereocenters. The number of nitrogens with one attached hydrogen (secondary N) is 1. The zero-order valence-electron chi connectivity index (χ0n) is 13.5. The highest BCUT2D eigenvalue weighted by Crippen LogP contribution is 2.29. The first-order valence-electron chi connectivity index (χ1n) is 8.18. The van der Waals surface area contributed by atoms with Crippen molar-refractivity contribution >= 4 is 5.91 Å². The van der Waals surface area contributed by atoms with Crippen LogP contribution in [0.25, 0.3) is 0 Å². The number of aliphatic hydroxyl groups excluding tert-OH is 1. The quantitative estimate of drug-likeness (QED) is 0.832. The van der Waals surface area contributed by atoms with Crippen LogP contribution in [0.3, 0.4) is 0 Å². The molecule has 0 radical (unpaired) electrons. The summed E-state index contributed by atoms with van der Waals surface area (Å²) in [6.45, 7) is 2.07. The Morgan fingerprint density at radius 1 is 1.33 bits per heavy atom. The van der Waals surface area contributed by atoms with Crippen LogP contribution in [-0.4, -0.2) is 48.2 Å². The average molecular weight is 344 g/mol. The van der Waals surface area contributed by atoms with Crippen molar-refractivity contribution in [3.63, 3.8) is 0 Å². The van der Waals surface area contributed by atoms with Crippen LogP contribution in [0.4, 0.5) is 13.2 Å². The van der Waals surface area contributed by atoms with Gasteiger partial charge in [-0.25, -0.2) is 0 Å². The normalized spacial score (nSPS) is 19.2. The Bertz CT molecular complexity index is 549. The van der Waals surface area contributed by atoms with Gasteiger partial charge in [0.15, 0.2) is 0 Å². The van der Waals surface area contributed by atoms with Gasteiger partial charge in [-0.3, -0.25) is 9.69 Å². The highest BCUT2D eigenvalue weighted by atomic mass is 19.4. The lowest BCUT2D eigenvalue weighted by Crippen LogP contribution is -2.45. The van der Waals surface area contributed by atoms with Crippen LogP contribution in [0, 0.1) is 0 Å². The lowest BCUT2D eigenvalue weighted by Gasteiger charge is -2.34. The lowest BCUT2D eigenvalue weighted by molar-refractivity contribution is -0.137. The van der Waals surface area contributed by atoms with E-state index < -0.39 is 11.7 Å². The van der Waals surface area contributed by atoms with Crippen molar-refractivity contribution in [2.75, 3.05) is 26.2 Å². The number of hydrogen-bond acceptors (Lipinski definition) is 3. The maximum Gasteiger partial charge on any atom is 0.416 e. The number of halogens is 3. The molecule has 1 fully saturated rings. The van der Waals surface area contributed by atoms with E-state index in [4.69, 9.17) is 0 Å². The number of rotatable bonds is 6. The van der Waals surface area contributed by atoms with Gasteiger partial charge >= 0.3 is 6.18 Å². The van der Waals surface area contributed by atoms with E-state index in [2.05, 4.69) is 10.2 Å². The van der Waals surface area contributed by atoms with Crippen LogP contribution < -0.4 is 5.32 Å². The molecular weight excluding hydrogens is 321 g/mol. The summed E-state index contributed by atoms with van der Waals surface area (Å²) in [6, 6.07) is 4.96. The Hall–Kier alpha value is -1.60. The summed E-state index contributed by atoms with van der Waals surface area (Å²) in [7, 11) is 0. The van der Waals surface area contributed by atoms with Gasteiger partial charge in [-0.1, -0.05) is 24.6 Å². The molecule has 0 unspecified atom stereocenters. The van der Waals surface area contributed by atoms with Crippen molar-refractivity contribution in [2.24, 2.45) is 0 Å². The summed E-state index contributed by atoms with van der Waals surface area (Å²) in [4.78, 5) is 14.1. The maximum atomic E-state index is 12.7. The zero-order chi connectivity index (χ0) is 17.6. The molecule has 24 heavy (non-hydrogen) atoms. The molecule has 1 heterocycles. The molecule has 0 aromatic heterocycles.